The molecule has 0 spiro atoms. The van der Waals surface area contributed by atoms with Crippen molar-refractivity contribution in [3.8, 4) is 0 Å². The number of carbonyl (C=O) groups is 1. The molecule has 120 valence electrons. The van der Waals surface area contributed by atoms with Crippen molar-refractivity contribution in [2.24, 2.45) is 5.92 Å². The zero-order valence-corrected chi connectivity index (χ0v) is 13.7. The van der Waals surface area contributed by atoms with Gasteiger partial charge in [0, 0.05) is 31.9 Å². The third-order valence-electron chi connectivity index (χ3n) is 4.59. The molecule has 3 rings (SSSR count). The lowest BCUT2D eigenvalue weighted by Crippen LogP contribution is -2.52. The molecule has 0 saturated carbocycles. The number of aryl methyl sites for hydroxylation is 2. The second-order valence-electron chi connectivity index (χ2n) is 6.71. The lowest BCUT2D eigenvalue weighted by molar-refractivity contribution is -0.121. The highest BCUT2D eigenvalue weighted by molar-refractivity contribution is 5.95. The van der Waals surface area contributed by atoms with Crippen LogP contribution in [0.2, 0.25) is 0 Å². The summed E-state index contributed by atoms with van der Waals surface area (Å²) < 4.78 is 5.55. The van der Waals surface area contributed by atoms with Crippen LogP contribution in [0.4, 0.5) is 5.69 Å². The van der Waals surface area contributed by atoms with Crippen LogP contribution < -0.4 is 4.90 Å². The van der Waals surface area contributed by atoms with Crippen molar-refractivity contribution in [1.82, 2.24) is 4.90 Å². The van der Waals surface area contributed by atoms with E-state index in [0.717, 1.165) is 45.0 Å². The first-order valence-corrected chi connectivity index (χ1v) is 8.30. The van der Waals surface area contributed by atoms with Crippen molar-refractivity contribution in [3.05, 3.63) is 29.3 Å². The van der Waals surface area contributed by atoms with Gasteiger partial charge in [-0.05, 0) is 55.9 Å². The molecular formula is C18H26N2O2. The number of piperazine rings is 1. The number of hydrogen-bond donors (Lipinski definition) is 0. The Bertz CT molecular complexity index is 518. The van der Waals surface area contributed by atoms with Crippen molar-refractivity contribution < 1.29 is 9.53 Å². The largest absolute Gasteiger partial charge is 0.381 e. The van der Waals surface area contributed by atoms with E-state index in [9.17, 15) is 4.79 Å². The van der Waals surface area contributed by atoms with Crippen LogP contribution in [0.5, 0.6) is 0 Å². The summed E-state index contributed by atoms with van der Waals surface area (Å²) in [6.45, 7) is 9.18. The van der Waals surface area contributed by atoms with Crippen LogP contribution in [0.1, 0.15) is 24.0 Å². The van der Waals surface area contributed by atoms with E-state index in [1.54, 1.807) is 0 Å². The molecular weight excluding hydrogens is 276 g/mol. The average Bonchev–Trinajstić information content (AvgIpc) is 2.47. The Morgan fingerprint density at radius 2 is 1.95 bits per heavy atom. The number of benzene rings is 1. The first-order valence-electron chi connectivity index (χ1n) is 8.30. The van der Waals surface area contributed by atoms with Gasteiger partial charge < -0.3 is 9.64 Å². The normalized spacial score (nSPS) is 23.8. The standard InChI is InChI=1S/C18H26N2O2/c1-14-8-15(2)10-17(9-14)20-6-5-19(12-18(20)21)11-16-4-3-7-22-13-16/h8-10,16H,3-7,11-13H2,1-2H3/t16-/m1/s1. The van der Waals surface area contributed by atoms with Gasteiger partial charge in [-0.3, -0.25) is 9.69 Å². The Labute approximate surface area is 133 Å². The minimum atomic E-state index is 0.216. The molecule has 0 aliphatic carbocycles. The number of anilines is 1. The summed E-state index contributed by atoms with van der Waals surface area (Å²) in [5.41, 5.74) is 3.47. The summed E-state index contributed by atoms with van der Waals surface area (Å²) in [6, 6.07) is 6.36. The van der Waals surface area contributed by atoms with E-state index in [2.05, 4.69) is 36.9 Å². The van der Waals surface area contributed by atoms with Crippen LogP contribution in [0, 0.1) is 19.8 Å². The molecule has 1 aromatic rings. The van der Waals surface area contributed by atoms with Crippen LogP contribution >= 0.6 is 0 Å². The van der Waals surface area contributed by atoms with Gasteiger partial charge in [-0.2, -0.15) is 0 Å². The maximum Gasteiger partial charge on any atom is 0.241 e. The summed E-state index contributed by atoms with van der Waals surface area (Å²) in [6.07, 6.45) is 2.38. The predicted octanol–water partition coefficient (Wildman–Crippen LogP) is 2.38. The van der Waals surface area contributed by atoms with Gasteiger partial charge in [0.15, 0.2) is 0 Å². The van der Waals surface area contributed by atoms with Gasteiger partial charge in [0.2, 0.25) is 5.91 Å². The highest BCUT2D eigenvalue weighted by Crippen LogP contribution is 2.22. The number of rotatable bonds is 3. The first kappa shape index (κ1) is 15.5. The maximum absolute atomic E-state index is 12.5. The van der Waals surface area contributed by atoms with Gasteiger partial charge in [0.05, 0.1) is 13.2 Å². The number of amides is 1. The second kappa shape index (κ2) is 6.80. The zero-order valence-electron chi connectivity index (χ0n) is 13.7. The number of carbonyl (C=O) groups excluding carboxylic acids is 1. The van der Waals surface area contributed by atoms with Crippen molar-refractivity contribution in [3.63, 3.8) is 0 Å². The van der Waals surface area contributed by atoms with Gasteiger partial charge >= 0.3 is 0 Å². The number of ether oxygens (including phenoxy) is 1. The third kappa shape index (κ3) is 3.68. The fourth-order valence-corrected chi connectivity index (χ4v) is 3.57. The Morgan fingerprint density at radius 3 is 2.59 bits per heavy atom. The monoisotopic (exact) mass is 302 g/mol. The van der Waals surface area contributed by atoms with E-state index in [1.807, 2.05) is 4.90 Å². The van der Waals surface area contributed by atoms with Crippen molar-refractivity contribution in [2.45, 2.75) is 26.7 Å². The molecule has 2 aliphatic heterocycles. The molecule has 0 aromatic heterocycles. The van der Waals surface area contributed by atoms with E-state index in [-0.39, 0.29) is 5.91 Å². The van der Waals surface area contributed by atoms with Crippen molar-refractivity contribution in [2.75, 3.05) is 44.3 Å². The summed E-state index contributed by atoms with van der Waals surface area (Å²) in [4.78, 5) is 16.8. The Hall–Kier alpha value is -1.39. The fourth-order valence-electron chi connectivity index (χ4n) is 3.57. The van der Waals surface area contributed by atoms with E-state index in [1.165, 1.54) is 17.5 Å². The fraction of sp³-hybridized carbons (Fsp3) is 0.611. The molecule has 0 N–H and O–H groups in total. The molecule has 0 unspecified atom stereocenters. The molecule has 2 fully saturated rings. The van der Waals surface area contributed by atoms with Crippen molar-refractivity contribution in [1.29, 1.82) is 0 Å². The minimum Gasteiger partial charge on any atom is -0.381 e. The Morgan fingerprint density at radius 1 is 1.18 bits per heavy atom. The van der Waals surface area contributed by atoms with E-state index < -0.39 is 0 Å². The van der Waals surface area contributed by atoms with Crippen molar-refractivity contribution >= 4 is 11.6 Å². The lowest BCUT2D eigenvalue weighted by atomic mass is 10.0. The molecule has 4 heteroatoms. The Kier molecular flexibility index (Phi) is 4.79. The first-order chi connectivity index (χ1) is 10.6. The molecule has 0 bridgehead atoms. The Balaban J connectivity index is 1.61. The molecule has 0 radical (unpaired) electrons. The minimum absolute atomic E-state index is 0.216. The zero-order chi connectivity index (χ0) is 15.5. The summed E-state index contributed by atoms with van der Waals surface area (Å²) in [7, 11) is 0. The molecule has 1 atom stereocenters. The van der Waals surface area contributed by atoms with Crippen LogP contribution in [0.25, 0.3) is 0 Å². The van der Waals surface area contributed by atoms with Gasteiger partial charge in [0.25, 0.3) is 0 Å². The molecule has 4 nitrogen and oxygen atoms in total. The van der Waals surface area contributed by atoms with Gasteiger partial charge in [-0.1, -0.05) is 6.07 Å². The third-order valence-corrected chi connectivity index (χ3v) is 4.59. The van der Waals surface area contributed by atoms with Crippen LogP contribution in [0.3, 0.4) is 0 Å². The quantitative estimate of drug-likeness (QED) is 0.859. The molecule has 2 saturated heterocycles. The SMILES string of the molecule is Cc1cc(C)cc(N2CCN(C[C@H]3CCCOC3)CC2=O)c1. The smallest absolute Gasteiger partial charge is 0.241 e. The lowest BCUT2D eigenvalue weighted by Gasteiger charge is -2.37. The van der Waals surface area contributed by atoms with Gasteiger partial charge in [0.1, 0.15) is 0 Å². The van der Waals surface area contributed by atoms with Gasteiger partial charge in [-0.15, -0.1) is 0 Å². The van der Waals surface area contributed by atoms with E-state index in [4.69, 9.17) is 4.74 Å². The topological polar surface area (TPSA) is 32.8 Å². The molecule has 2 heterocycles. The highest BCUT2D eigenvalue weighted by Gasteiger charge is 2.27. The summed E-state index contributed by atoms with van der Waals surface area (Å²) >= 11 is 0. The van der Waals surface area contributed by atoms with Gasteiger partial charge in [-0.25, -0.2) is 0 Å². The molecule has 1 aromatic carbocycles. The number of hydrogen-bond acceptors (Lipinski definition) is 3. The van der Waals surface area contributed by atoms with Crippen LogP contribution in [-0.2, 0) is 9.53 Å². The molecule has 1 amide bonds. The van der Waals surface area contributed by atoms with Crippen LogP contribution in [-0.4, -0.2) is 50.2 Å². The number of nitrogens with zero attached hydrogens (tertiary/aromatic N) is 2. The van der Waals surface area contributed by atoms with E-state index in [0.29, 0.717) is 12.5 Å². The van der Waals surface area contributed by atoms with E-state index >= 15 is 0 Å². The van der Waals surface area contributed by atoms with Crippen LogP contribution in [0.15, 0.2) is 18.2 Å². The highest BCUT2D eigenvalue weighted by atomic mass is 16.5. The average molecular weight is 302 g/mol. The maximum atomic E-state index is 12.5. The molecule has 2 aliphatic rings. The molecule has 22 heavy (non-hydrogen) atoms. The second-order valence-corrected chi connectivity index (χ2v) is 6.71. The summed E-state index contributed by atoms with van der Waals surface area (Å²) in [5, 5.41) is 0. The summed E-state index contributed by atoms with van der Waals surface area (Å²) in [5.74, 6) is 0.808. The predicted molar refractivity (Wildman–Crippen MR) is 88.3 cm³/mol.